The van der Waals surface area contributed by atoms with E-state index in [1.54, 1.807) is 37.4 Å². The standard InChI is InChI=1S/C16H16N2O2/c1-10-6-13(8-17)7-11(2)16(10)20-14-4-5-15(12(3)19)18-9-14/h4-7,9,12,19H,1-3H3/t12-/m0/s1. The number of aromatic nitrogens is 1. The van der Waals surface area contributed by atoms with Gasteiger partial charge in [0.2, 0.25) is 0 Å². The third kappa shape index (κ3) is 2.95. The lowest BCUT2D eigenvalue weighted by atomic mass is 10.1. The van der Waals surface area contributed by atoms with Crippen LogP contribution >= 0.6 is 0 Å². The second kappa shape index (κ2) is 5.72. The van der Waals surface area contributed by atoms with Crippen molar-refractivity contribution in [3.05, 3.63) is 52.8 Å². The molecule has 0 aliphatic carbocycles. The van der Waals surface area contributed by atoms with Crippen molar-refractivity contribution in [3.63, 3.8) is 0 Å². The van der Waals surface area contributed by atoms with Crippen molar-refractivity contribution in [1.29, 1.82) is 5.26 Å². The van der Waals surface area contributed by atoms with Gasteiger partial charge in [-0.1, -0.05) is 0 Å². The highest BCUT2D eigenvalue weighted by Crippen LogP contribution is 2.29. The molecule has 4 nitrogen and oxygen atoms in total. The van der Waals surface area contributed by atoms with E-state index in [2.05, 4.69) is 11.1 Å². The molecule has 1 N–H and O–H groups in total. The fourth-order valence-corrected chi connectivity index (χ4v) is 1.99. The van der Waals surface area contributed by atoms with Crippen LogP contribution in [0.2, 0.25) is 0 Å². The lowest BCUT2D eigenvalue weighted by molar-refractivity contribution is 0.194. The maximum Gasteiger partial charge on any atom is 0.145 e. The van der Waals surface area contributed by atoms with E-state index in [4.69, 9.17) is 10.00 Å². The number of pyridine rings is 1. The Morgan fingerprint density at radius 2 is 1.90 bits per heavy atom. The third-order valence-electron chi connectivity index (χ3n) is 3.00. The number of nitriles is 1. The monoisotopic (exact) mass is 268 g/mol. The molecule has 20 heavy (non-hydrogen) atoms. The maximum absolute atomic E-state index is 9.42. The Balaban J connectivity index is 2.28. The van der Waals surface area contributed by atoms with Crippen LogP contribution in [0.5, 0.6) is 11.5 Å². The van der Waals surface area contributed by atoms with Gasteiger partial charge in [0.1, 0.15) is 11.5 Å². The van der Waals surface area contributed by atoms with Crippen molar-refractivity contribution in [2.24, 2.45) is 0 Å². The SMILES string of the molecule is Cc1cc(C#N)cc(C)c1Oc1ccc([C@H](C)O)nc1. The highest BCUT2D eigenvalue weighted by atomic mass is 16.5. The molecule has 0 saturated carbocycles. The lowest BCUT2D eigenvalue weighted by Crippen LogP contribution is -1.97. The Morgan fingerprint density at radius 1 is 1.25 bits per heavy atom. The van der Waals surface area contributed by atoms with Crippen LogP contribution in [0.4, 0.5) is 0 Å². The Morgan fingerprint density at radius 3 is 2.35 bits per heavy atom. The molecule has 0 amide bonds. The molecule has 0 saturated heterocycles. The van der Waals surface area contributed by atoms with Gasteiger partial charge in [-0.05, 0) is 56.2 Å². The van der Waals surface area contributed by atoms with Crippen LogP contribution in [-0.4, -0.2) is 10.1 Å². The first-order valence-corrected chi connectivity index (χ1v) is 6.34. The Kier molecular flexibility index (Phi) is 4.02. The predicted molar refractivity (Wildman–Crippen MR) is 75.6 cm³/mol. The molecule has 1 aromatic heterocycles. The number of aliphatic hydroxyl groups excluding tert-OH is 1. The third-order valence-corrected chi connectivity index (χ3v) is 3.00. The highest BCUT2D eigenvalue weighted by molar-refractivity contribution is 5.48. The van der Waals surface area contributed by atoms with Gasteiger partial charge >= 0.3 is 0 Å². The average Bonchev–Trinajstić information content (AvgIpc) is 2.43. The zero-order chi connectivity index (χ0) is 14.7. The largest absolute Gasteiger partial charge is 0.455 e. The summed E-state index contributed by atoms with van der Waals surface area (Å²) in [6.07, 6.45) is 0.988. The minimum Gasteiger partial charge on any atom is -0.455 e. The molecule has 1 atom stereocenters. The fraction of sp³-hybridized carbons (Fsp3) is 0.250. The van der Waals surface area contributed by atoms with Crippen LogP contribution in [-0.2, 0) is 0 Å². The van der Waals surface area contributed by atoms with E-state index in [1.165, 1.54) is 0 Å². The summed E-state index contributed by atoms with van der Waals surface area (Å²) >= 11 is 0. The first-order valence-electron chi connectivity index (χ1n) is 6.34. The van der Waals surface area contributed by atoms with E-state index in [1.807, 2.05) is 13.8 Å². The summed E-state index contributed by atoms with van der Waals surface area (Å²) in [4.78, 5) is 4.14. The summed E-state index contributed by atoms with van der Waals surface area (Å²) < 4.78 is 5.82. The fourth-order valence-electron chi connectivity index (χ4n) is 1.99. The molecule has 0 aliphatic heterocycles. The van der Waals surface area contributed by atoms with Gasteiger partial charge in [0.25, 0.3) is 0 Å². The molecule has 2 rings (SSSR count). The molecule has 1 aromatic carbocycles. The maximum atomic E-state index is 9.42. The number of aliphatic hydroxyl groups is 1. The molecule has 0 radical (unpaired) electrons. The summed E-state index contributed by atoms with van der Waals surface area (Å²) in [5.41, 5.74) is 3.03. The van der Waals surface area contributed by atoms with Crippen molar-refractivity contribution < 1.29 is 9.84 Å². The zero-order valence-electron chi connectivity index (χ0n) is 11.7. The van der Waals surface area contributed by atoms with E-state index in [0.717, 1.165) is 16.9 Å². The second-order valence-corrected chi connectivity index (χ2v) is 4.75. The Labute approximate surface area is 118 Å². The van der Waals surface area contributed by atoms with Crippen LogP contribution in [0.3, 0.4) is 0 Å². The molecule has 1 heterocycles. The number of rotatable bonds is 3. The van der Waals surface area contributed by atoms with E-state index in [9.17, 15) is 5.11 Å². The van der Waals surface area contributed by atoms with Crippen molar-refractivity contribution in [2.75, 3.05) is 0 Å². The van der Waals surface area contributed by atoms with Gasteiger partial charge < -0.3 is 9.84 Å². The first kappa shape index (κ1) is 14.0. The van der Waals surface area contributed by atoms with Crippen molar-refractivity contribution in [3.8, 4) is 17.6 Å². The minimum absolute atomic E-state index is 0.595. The molecular formula is C16H16N2O2. The number of hydrogen-bond acceptors (Lipinski definition) is 4. The minimum atomic E-state index is -0.595. The van der Waals surface area contributed by atoms with E-state index < -0.39 is 6.10 Å². The van der Waals surface area contributed by atoms with Gasteiger partial charge in [0, 0.05) is 0 Å². The van der Waals surface area contributed by atoms with Gasteiger partial charge in [-0.3, -0.25) is 4.98 Å². The normalized spacial score (nSPS) is 11.8. The summed E-state index contributed by atoms with van der Waals surface area (Å²) in [5, 5.41) is 18.3. The number of aryl methyl sites for hydroxylation is 2. The molecule has 0 aliphatic rings. The quantitative estimate of drug-likeness (QED) is 0.926. The number of benzene rings is 1. The Hall–Kier alpha value is -2.38. The van der Waals surface area contributed by atoms with Crippen LogP contribution in [0.1, 0.15) is 35.4 Å². The topological polar surface area (TPSA) is 66.1 Å². The van der Waals surface area contributed by atoms with Crippen molar-refractivity contribution in [1.82, 2.24) is 4.98 Å². The van der Waals surface area contributed by atoms with Gasteiger partial charge in [-0.15, -0.1) is 0 Å². The van der Waals surface area contributed by atoms with Crippen molar-refractivity contribution in [2.45, 2.75) is 26.9 Å². The summed E-state index contributed by atoms with van der Waals surface area (Å²) in [7, 11) is 0. The molecule has 0 bridgehead atoms. The van der Waals surface area contributed by atoms with Crippen molar-refractivity contribution >= 4 is 0 Å². The van der Waals surface area contributed by atoms with E-state index in [-0.39, 0.29) is 0 Å². The van der Waals surface area contributed by atoms with Gasteiger partial charge in [0.15, 0.2) is 0 Å². The van der Waals surface area contributed by atoms with E-state index in [0.29, 0.717) is 17.0 Å². The van der Waals surface area contributed by atoms with Crippen LogP contribution in [0, 0.1) is 25.2 Å². The van der Waals surface area contributed by atoms with Gasteiger partial charge in [-0.2, -0.15) is 5.26 Å². The molecule has 0 fully saturated rings. The highest BCUT2D eigenvalue weighted by Gasteiger charge is 2.09. The van der Waals surface area contributed by atoms with Gasteiger partial charge in [0.05, 0.1) is 29.6 Å². The first-order chi connectivity index (χ1) is 9.51. The summed E-state index contributed by atoms with van der Waals surface area (Å²) in [6.45, 7) is 5.47. The molecular weight excluding hydrogens is 252 g/mol. The van der Waals surface area contributed by atoms with Gasteiger partial charge in [-0.25, -0.2) is 0 Å². The van der Waals surface area contributed by atoms with Crippen LogP contribution in [0.15, 0.2) is 30.5 Å². The second-order valence-electron chi connectivity index (χ2n) is 4.75. The molecule has 102 valence electrons. The summed E-state index contributed by atoms with van der Waals surface area (Å²) in [6, 6.07) is 9.21. The predicted octanol–water partition coefficient (Wildman–Crippen LogP) is 3.42. The zero-order valence-corrected chi connectivity index (χ0v) is 11.7. The van der Waals surface area contributed by atoms with Crippen LogP contribution < -0.4 is 4.74 Å². The molecule has 0 unspecified atom stereocenters. The average molecular weight is 268 g/mol. The summed E-state index contributed by atoms with van der Waals surface area (Å²) in [5.74, 6) is 1.33. The number of nitrogens with zero attached hydrogens (tertiary/aromatic N) is 2. The van der Waals surface area contributed by atoms with E-state index >= 15 is 0 Å². The molecule has 4 heteroatoms. The smallest absolute Gasteiger partial charge is 0.145 e. The number of ether oxygens (including phenoxy) is 1. The molecule has 2 aromatic rings. The Bertz CT molecular complexity index is 632. The van der Waals surface area contributed by atoms with Crippen LogP contribution in [0.25, 0.3) is 0 Å². The lowest BCUT2D eigenvalue weighted by Gasteiger charge is -2.12. The molecule has 0 spiro atoms. The number of hydrogen-bond donors (Lipinski definition) is 1.